The van der Waals surface area contributed by atoms with Gasteiger partial charge in [0.1, 0.15) is 5.82 Å². The second-order valence-electron chi connectivity index (χ2n) is 6.74. The highest BCUT2D eigenvalue weighted by atomic mass is 15.2. The number of nitrogens with one attached hydrogen (secondary N) is 1. The van der Waals surface area contributed by atoms with Crippen LogP contribution < -0.4 is 10.2 Å². The highest BCUT2D eigenvalue weighted by Crippen LogP contribution is 2.46. The fourth-order valence-corrected chi connectivity index (χ4v) is 3.83. The highest BCUT2D eigenvalue weighted by molar-refractivity contribution is 5.36. The quantitative estimate of drug-likeness (QED) is 0.845. The van der Waals surface area contributed by atoms with Gasteiger partial charge in [-0.3, -0.25) is 4.98 Å². The second-order valence-corrected chi connectivity index (χ2v) is 6.74. The molecule has 3 rings (SSSR count). The summed E-state index contributed by atoms with van der Waals surface area (Å²) in [5.74, 6) is 1.06. The van der Waals surface area contributed by atoms with Gasteiger partial charge in [-0.1, -0.05) is 19.8 Å². The molecule has 4 nitrogen and oxygen atoms in total. The lowest BCUT2D eigenvalue weighted by atomic mass is 9.77. The number of hydrogen-bond acceptors (Lipinski definition) is 4. The average molecular weight is 288 g/mol. The van der Waals surface area contributed by atoms with Gasteiger partial charge < -0.3 is 10.2 Å². The van der Waals surface area contributed by atoms with E-state index in [2.05, 4.69) is 27.1 Å². The Morgan fingerprint density at radius 1 is 1.10 bits per heavy atom. The molecule has 1 saturated carbocycles. The largest absolute Gasteiger partial charge is 0.355 e. The van der Waals surface area contributed by atoms with Gasteiger partial charge in [-0.05, 0) is 44.1 Å². The van der Waals surface area contributed by atoms with Gasteiger partial charge in [0.25, 0.3) is 0 Å². The molecule has 116 valence electrons. The van der Waals surface area contributed by atoms with Gasteiger partial charge in [-0.2, -0.15) is 0 Å². The van der Waals surface area contributed by atoms with Crippen LogP contribution in [0.1, 0.15) is 57.6 Å². The molecule has 4 heteroatoms. The van der Waals surface area contributed by atoms with Crippen LogP contribution in [0.3, 0.4) is 0 Å². The van der Waals surface area contributed by atoms with Gasteiger partial charge in [-0.25, -0.2) is 4.98 Å². The van der Waals surface area contributed by atoms with E-state index >= 15 is 0 Å². The fraction of sp³-hybridized carbons (Fsp3) is 0.765. The maximum absolute atomic E-state index is 4.62. The maximum Gasteiger partial charge on any atom is 0.147 e. The van der Waals surface area contributed by atoms with Gasteiger partial charge in [0.15, 0.2) is 0 Å². The molecule has 1 aliphatic carbocycles. The minimum absolute atomic E-state index is 0.675. The normalized spacial score (nSPS) is 21.1. The van der Waals surface area contributed by atoms with E-state index in [1.165, 1.54) is 38.5 Å². The van der Waals surface area contributed by atoms with Crippen LogP contribution in [0.4, 0.5) is 5.82 Å². The van der Waals surface area contributed by atoms with Crippen LogP contribution in [-0.2, 0) is 6.54 Å². The molecule has 0 bridgehead atoms. The lowest BCUT2D eigenvalue weighted by Crippen LogP contribution is -2.39. The van der Waals surface area contributed by atoms with Crippen LogP contribution >= 0.6 is 0 Å². The second kappa shape index (κ2) is 6.73. The van der Waals surface area contributed by atoms with E-state index in [0.29, 0.717) is 5.41 Å². The zero-order valence-corrected chi connectivity index (χ0v) is 13.3. The first kappa shape index (κ1) is 14.8. The highest BCUT2D eigenvalue weighted by Gasteiger charge is 2.37. The molecule has 2 heterocycles. The van der Waals surface area contributed by atoms with E-state index in [9.17, 15) is 0 Å². The molecule has 2 fully saturated rings. The SMILES string of the molecule is CCCNCc1cnc(N2CCC3(CCCC3)CC2)cn1. The lowest BCUT2D eigenvalue weighted by molar-refractivity contribution is 0.226. The number of hydrogen-bond donors (Lipinski definition) is 1. The van der Waals surface area contributed by atoms with Crippen molar-refractivity contribution in [1.29, 1.82) is 0 Å². The Bertz CT molecular complexity index is 427. The summed E-state index contributed by atoms with van der Waals surface area (Å²) in [6.45, 7) is 6.35. The molecule has 0 radical (unpaired) electrons. The molecule has 0 amide bonds. The van der Waals surface area contributed by atoms with Crippen molar-refractivity contribution in [3.8, 4) is 0 Å². The van der Waals surface area contributed by atoms with Gasteiger partial charge in [0.2, 0.25) is 0 Å². The van der Waals surface area contributed by atoms with Gasteiger partial charge in [-0.15, -0.1) is 0 Å². The van der Waals surface area contributed by atoms with Gasteiger partial charge >= 0.3 is 0 Å². The van der Waals surface area contributed by atoms with Crippen LogP contribution in [0.15, 0.2) is 12.4 Å². The topological polar surface area (TPSA) is 41.1 Å². The Kier molecular flexibility index (Phi) is 4.73. The summed E-state index contributed by atoms with van der Waals surface area (Å²) in [6, 6.07) is 0. The molecule has 2 aliphatic rings. The minimum atomic E-state index is 0.675. The summed E-state index contributed by atoms with van der Waals surface area (Å²) in [5.41, 5.74) is 1.71. The van der Waals surface area contributed by atoms with Crippen LogP contribution in [0.5, 0.6) is 0 Å². The third-order valence-electron chi connectivity index (χ3n) is 5.24. The molecule has 21 heavy (non-hydrogen) atoms. The molecular weight excluding hydrogens is 260 g/mol. The number of aromatic nitrogens is 2. The molecular formula is C17H28N4. The summed E-state index contributed by atoms with van der Waals surface area (Å²) in [6.07, 6.45) is 13.5. The van der Waals surface area contributed by atoms with Crippen LogP contribution in [0, 0.1) is 5.41 Å². The smallest absolute Gasteiger partial charge is 0.147 e. The Labute approximate surface area is 128 Å². The van der Waals surface area contributed by atoms with Crippen LogP contribution in [-0.4, -0.2) is 29.6 Å². The monoisotopic (exact) mass is 288 g/mol. The van der Waals surface area contributed by atoms with Crippen LogP contribution in [0.25, 0.3) is 0 Å². The molecule has 1 N–H and O–H groups in total. The van der Waals surface area contributed by atoms with E-state index < -0.39 is 0 Å². The Hall–Kier alpha value is -1.16. The predicted molar refractivity (Wildman–Crippen MR) is 86.4 cm³/mol. The van der Waals surface area contributed by atoms with E-state index in [1.807, 2.05) is 12.4 Å². The van der Waals surface area contributed by atoms with E-state index in [-0.39, 0.29) is 0 Å². The molecule has 1 saturated heterocycles. The third kappa shape index (κ3) is 3.54. The van der Waals surface area contributed by atoms with Gasteiger partial charge in [0, 0.05) is 19.6 Å². The Balaban J connectivity index is 1.53. The van der Waals surface area contributed by atoms with Crippen molar-refractivity contribution in [3.63, 3.8) is 0 Å². The fourth-order valence-electron chi connectivity index (χ4n) is 3.83. The van der Waals surface area contributed by atoms with Crippen molar-refractivity contribution in [3.05, 3.63) is 18.1 Å². The summed E-state index contributed by atoms with van der Waals surface area (Å²) in [5, 5.41) is 3.37. The molecule has 0 unspecified atom stereocenters. The first-order valence-electron chi connectivity index (χ1n) is 8.58. The van der Waals surface area contributed by atoms with Crippen molar-refractivity contribution in [2.24, 2.45) is 5.41 Å². The maximum atomic E-state index is 4.62. The number of anilines is 1. The van der Waals surface area contributed by atoms with Crippen molar-refractivity contribution >= 4 is 5.82 Å². The molecule has 0 aromatic carbocycles. The van der Waals surface area contributed by atoms with Crippen molar-refractivity contribution in [1.82, 2.24) is 15.3 Å². The first-order valence-corrected chi connectivity index (χ1v) is 8.58. The van der Waals surface area contributed by atoms with E-state index in [0.717, 1.165) is 44.1 Å². The average Bonchev–Trinajstić information content (AvgIpc) is 2.97. The summed E-state index contributed by atoms with van der Waals surface area (Å²) in [4.78, 5) is 11.6. The number of nitrogens with zero attached hydrogens (tertiary/aromatic N) is 3. The third-order valence-corrected chi connectivity index (χ3v) is 5.24. The zero-order valence-electron chi connectivity index (χ0n) is 13.3. The summed E-state index contributed by atoms with van der Waals surface area (Å²) in [7, 11) is 0. The molecule has 1 aromatic rings. The number of piperidine rings is 1. The first-order chi connectivity index (χ1) is 10.3. The van der Waals surface area contributed by atoms with E-state index in [4.69, 9.17) is 0 Å². The summed E-state index contributed by atoms with van der Waals surface area (Å²) >= 11 is 0. The van der Waals surface area contributed by atoms with Crippen LogP contribution in [0.2, 0.25) is 0 Å². The molecule has 1 spiro atoms. The predicted octanol–water partition coefficient (Wildman–Crippen LogP) is 3.14. The number of rotatable bonds is 5. The van der Waals surface area contributed by atoms with Gasteiger partial charge in [0.05, 0.1) is 18.1 Å². The zero-order chi connectivity index (χ0) is 14.5. The van der Waals surface area contributed by atoms with E-state index in [1.54, 1.807) is 0 Å². The van der Waals surface area contributed by atoms with Crippen molar-refractivity contribution in [2.75, 3.05) is 24.5 Å². The molecule has 0 atom stereocenters. The molecule has 1 aromatic heterocycles. The Morgan fingerprint density at radius 2 is 1.86 bits per heavy atom. The van der Waals surface area contributed by atoms with Crippen molar-refractivity contribution < 1.29 is 0 Å². The Morgan fingerprint density at radius 3 is 2.48 bits per heavy atom. The standard InChI is InChI=1S/C17H28N4/c1-2-9-18-12-15-13-20-16(14-19-15)21-10-7-17(8-11-21)5-3-4-6-17/h13-14,18H,2-12H2,1H3. The van der Waals surface area contributed by atoms with Crippen molar-refractivity contribution in [2.45, 2.75) is 58.4 Å². The minimum Gasteiger partial charge on any atom is -0.355 e. The summed E-state index contributed by atoms with van der Waals surface area (Å²) < 4.78 is 0. The molecule has 1 aliphatic heterocycles. The lowest BCUT2D eigenvalue weighted by Gasteiger charge is -2.39.